The molecule has 23 heavy (non-hydrogen) atoms. The van der Waals surface area contributed by atoms with E-state index in [0.717, 1.165) is 12.8 Å². The Bertz CT molecular complexity index is 691. The summed E-state index contributed by atoms with van der Waals surface area (Å²) in [6.45, 7) is 1.70. The normalized spacial score (nSPS) is 27.8. The van der Waals surface area contributed by atoms with Gasteiger partial charge < -0.3 is 25.8 Å². The summed E-state index contributed by atoms with van der Waals surface area (Å²) in [6, 6.07) is 0. The van der Waals surface area contributed by atoms with Crippen molar-refractivity contribution in [3.8, 4) is 0 Å². The molecule has 1 fully saturated rings. The number of aromatic amines is 1. The highest BCUT2D eigenvalue weighted by Crippen LogP contribution is 2.26. The number of imidazole rings is 1. The third-order valence-electron chi connectivity index (χ3n) is 4.10. The zero-order valence-corrected chi connectivity index (χ0v) is 12.9. The van der Waals surface area contributed by atoms with Gasteiger partial charge in [-0.05, 0) is 6.42 Å². The van der Waals surface area contributed by atoms with Crippen molar-refractivity contribution in [3.05, 3.63) is 12.2 Å². The number of ether oxygens (including phenoxy) is 1. The van der Waals surface area contributed by atoms with Crippen LogP contribution in [0.2, 0.25) is 0 Å². The number of H-pyrrole nitrogens is 1. The number of nitrogen functional groups attached to an aromatic ring is 1. The van der Waals surface area contributed by atoms with Gasteiger partial charge in [-0.15, -0.1) is 0 Å². The van der Waals surface area contributed by atoms with Crippen LogP contribution in [-0.2, 0) is 11.2 Å². The molecule has 2 aromatic heterocycles. The van der Waals surface area contributed by atoms with Crippen LogP contribution in [0.5, 0.6) is 0 Å². The quantitative estimate of drug-likeness (QED) is 0.434. The van der Waals surface area contributed by atoms with Crippen LogP contribution in [0.1, 0.15) is 31.8 Å². The molecule has 0 radical (unpaired) electrons. The second-order valence-corrected chi connectivity index (χ2v) is 5.74. The number of aromatic nitrogens is 4. The molecular formula is C14H22N5O4+. The third-order valence-corrected chi connectivity index (χ3v) is 4.10. The first-order valence-corrected chi connectivity index (χ1v) is 7.73. The van der Waals surface area contributed by atoms with E-state index in [9.17, 15) is 15.3 Å². The Morgan fingerprint density at radius 3 is 2.78 bits per heavy atom. The molecule has 0 spiro atoms. The monoisotopic (exact) mass is 324 g/mol. The number of anilines is 1. The van der Waals surface area contributed by atoms with E-state index in [-0.39, 0.29) is 6.61 Å². The first-order chi connectivity index (χ1) is 11.1. The average molecular weight is 324 g/mol. The van der Waals surface area contributed by atoms with Gasteiger partial charge in [0.25, 0.3) is 0 Å². The van der Waals surface area contributed by atoms with E-state index in [2.05, 4.69) is 21.9 Å². The van der Waals surface area contributed by atoms with E-state index in [1.54, 1.807) is 10.9 Å². The fourth-order valence-electron chi connectivity index (χ4n) is 2.78. The lowest BCUT2D eigenvalue weighted by Crippen LogP contribution is -2.45. The fraction of sp³-hybridized carbons (Fsp3) is 0.643. The summed E-state index contributed by atoms with van der Waals surface area (Å²) in [6.07, 6.45) is 0.201. The Kier molecular flexibility index (Phi) is 4.44. The van der Waals surface area contributed by atoms with Crippen molar-refractivity contribution in [2.24, 2.45) is 0 Å². The molecule has 2 aromatic rings. The Labute approximate surface area is 132 Å². The van der Waals surface area contributed by atoms with Crippen molar-refractivity contribution in [2.75, 3.05) is 12.3 Å². The van der Waals surface area contributed by atoms with Crippen LogP contribution >= 0.6 is 0 Å². The van der Waals surface area contributed by atoms with Gasteiger partial charge in [-0.25, -0.2) is 4.57 Å². The molecule has 4 atom stereocenters. The smallest absolute Gasteiger partial charge is 0.309 e. The molecule has 126 valence electrons. The van der Waals surface area contributed by atoms with E-state index in [1.165, 1.54) is 0 Å². The molecule has 9 heteroatoms. The average Bonchev–Trinajstić information content (AvgIpc) is 3.08. The second kappa shape index (κ2) is 6.36. The van der Waals surface area contributed by atoms with Crippen molar-refractivity contribution in [3.63, 3.8) is 0 Å². The molecule has 3 heterocycles. The minimum absolute atomic E-state index is 0.326. The molecule has 0 bridgehead atoms. The molecule has 6 N–H and O–H groups in total. The molecule has 0 unspecified atom stereocenters. The molecule has 0 saturated carbocycles. The molecule has 1 saturated heterocycles. The van der Waals surface area contributed by atoms with Crippen LogP contribution in [0.4, 0.5) is 5.82 Å². The predicted octanol–water partition coefficient (Wildman–Crippen LogP) is -1.22. The van der Waals surface area contributed by atoms with Crippen LogP contribution in [0.3, 0.4) is 0 Å². The minimum atomic E-state index is -1.17. The van der Waals surface area contributed by atoms with Gasteiger partial charge >= 0.3 is 5.65 Å². The van der Waals surface area contributed by atoms with Crippen LogP contribution in [-0.4, -0.2) is 55.2 Å². The number of aliphatic hydroxyl groups is 3. The summed E-state index contributed by atoms with van der Waals surface area (Å²) >= 11 is 0. The maximum absolute atomic E-state index is 10.2. The van der Waals surface area contributed by atoms with E-state index in [0.29, 0.717) is 29.2 Å². The molecule has 1 aliphatic heterocycles. The number of unbranched alkanes of at least 4 members (excludes halogenated alkanes) is 1. The molecule has 0 amide bonds. The number of nitrogens with zero attached hydrogens (tertiary/aromatic N) is 3. The van der Waals surface area contributed by atoms with Gasteiger partial charge in [-0.3, -0.25) is 4.98 Å². The van der Waals surface area contributed by atoms with E-state index in [4.69, 9.17) is 10.5 Å². The van der Waals surface area contributed by atoms with Crippen LogP contribution in [0.15, 0.2) is 6.33 Å². The molecule has 0 aromatic carbocycles. The van der Waals surface area contributed by atoms with Crippen molar-refractivity contribution in [1.29, 1.82) is 0 Å². The lowest BCUT2D eigenvalue weighted by Gasteiger charge is -2.12. The van der Waals surface area contributed by atoms with Crippen molar-refractivity contribution < 1.29 is 24.6 Å². The van der Waals surface area contributed by atoms with E-state index >= 15 is 0 Å². The highest BCUT2D eigenvalue weighted by atomic mass is 16.6. The van der Waals surface area contributed by atoms with Crippen molar-refractivity contribution in [1.82, 2.24) is 15.0 Å². The van der Waals surface area contributed by atoms with Gasteiger partial charge in [0.2, 0.25) is 17.6 Å². The van der Waals surface area contributed by atoms with Crippen LogP contribution < -0.4 is 10.3 Å². The van der Waals surface area contributed by atoms with Crippen molar-refractivity contribution in [2.45, 2.75) is 50.7 Å². The van der Waals surface area contributed by atoms with Gasteiger partial charge in [0.15, 0.2) is 12.1 Å². The molecule has 9 nitrogen and oxygen atoms in total. The summed E-state index contributed by atoms with van der Waals surface area (Å²) in [5.74, 6) is 0.948. The minimum Gasteiger partial charge on any atom is -0.394 e. The summed E-state index contributed by atoms with van der Waals surface area (Å²) in [5, 5.41) is 29.3. The zero-order valence-electron chi connectivity index (χ0n) is 12.9. The van der Waals surface area contributed by atoms with E-state index < -0.39 is 24.5 Å². The van der Waals surface area contributed by atoms with E-state index in [1.807, 2.05) is 0 Å². The fourth-order valence-corrected chi connectivity index (χ4v) is 2.78. The van der Waals surface area contributed by atoms with Crippen LogP contribution in [0.25, 0.3) is 11.2 Å². The van der Waals surface area contributed by atoms with Crippen molar-refractivity contribution >= 4 is 17.0 Å². The number of rotatable bonds is 5. The summed E-state index contributed by atoms with van der Waals surface area (Å²) in [5.41, 5.74) is 7.01. The second-order valence-electron chi connectivity index (χ2n) is 5.74. The molecule has 3 rings (SSSR count). The van der Waals surface area contributed by atoms with Gasteiger partial charge in [0, 0.05) is 6.42 Å². The Morgan fingerprint density at radius 1 is 1.35 bits per heavy atom. The zero-order chi connectivity index (χ0) is 16.6. The van der Waals surface area contributed by atoms with Gasteiger partial charge in [-0.1, -0.05) is 18.3 Å². The summed E-state index contributed by atoms with van der Waals surface area (Å²) in [7, 11) is 0. The third kappa shape index (κ3) is 2.76. The number of nitrogens with two attached hydrogens (primary N) is 1. The molecule has 1 aliphatic rings. The Hall–Kier alpha value is -1.81. The lowest BCUT2D eigenvalue weighted by atomic mass is 10.1. The predicted molar refractivity (Wildman–Crippen MR) is 80.1 cm³/mol. The lowest BCUT2D eigenvalue weighted by molar-refractivity contribution is -0.745. The first kappa shape index (κ1) is 16.1. The standard InChI is InChI=1S/C14H21N5O4/c1-2-3-4-8-17-12(15)9-13(18-8)19(6-16-9)14-11(22)10(21)7(5-20)23-14/h6-7,10-11,14,20-22H,2-5H2,1H3,(H2,15,17,18)/p+1/t7-,10-,11-,14-/m1/s1. The maximum Gasteiger partial charge on any atom is 0.309 e. The maximum atomic E-state index is 10.2. The number of hydrogen-bond acceptors (Lipinski definition) is 7. The Morgan fingerprint density at radius 2 is 2.13 bits per heavy atom. The molecule has 0 aliphatic carbocycles. The largest absolute Gasteiger partial charge is 0.394 e. The SMILES string of the molecule is CCCCc1nc(N)c2[nH]c[n+]([C@@H]3O[C@H](CO)[C@@H](O)[C@H]3O)c2n1. The van der Waals surface area contributed by atoms with Gasteiger partial charge in [-0.2, -0.15) is 4.98 Å². The number of fused-ring (bicyclic) bond motifs is 1. The number of hydrogen-bond donors (Lipinski definition) is 5. The number of aryl methyl sites for hydroxylation is 1. The van der Waals surface area contributed by atoms with Gasteiger partial charge in [0.05, 0.1) is 6.61 Å². The summed E-state index contributed by atoms with van der Waals surface area (Å²) < 4.78 is 7.12. The summed E-state index contributed by atoms with van der Waals surface area (Å²) in [4.78, 5) is 11.7. The first-order valence-electron chi connectivity index (χ1n) is 7.73. The number of aliphatic hydroxyl groups excluding tert-OH is 3. The van der Waals surface area contributed by atoms with Gasteiger partial charge in [0.1, 0.15) is 18.3 Å². The Balaban J connectivity index is 1.99. The molecular weight excluding hydrogens is 302 g/mol. The highest BCUT2D eigenvalue weighted by molar-refractivity contribution is 5.78. The highest BCUT2D eigenvalue weighted by Gasteiger charge is 2.46. The number of nitrogens with one attached hydrogen (secondary N) is 1. The topological polar surface area (TPSA) is 141 Å². The van der Waals surface area contributed by atoms with Crippen LogP contribution in [0, 0.1) is 0 Å².